The number of unbranched alkanes of at least 4 members (excludes halogenated alkanes) is 3. The van der Waals surface area contributed by atoms with E-state index in [-0.39, 0.29) is 42.1 Å². The number of likely N-dealkylation sites (N-methyl/N-ethyl adjacent to an activating group) is 1. The minimum Gasteiger partial charge on any atom is -0.370 e. The minimum absolute atomic E-state index is 0. The lowest BCUT2D eigenvalue weighted by molar-refractivity contribution is -0.140. The molecule has 1 fully saturated rings. The van der Waals surface area contributed by atoms with Gasteiger partial charge >= 0.3 is 0 Å². The van der Waals surface area contributed by atoms with Crippen LogP contribution in [0, 0.1) is 0 Å². The van der Waals surface area contributed by atoms with E-state index in [1.54, 1.807) is 19.0 Å². The monoisotopic (exact) mass is 426 g/mol. The Hall–Kier alpha value is -0.570. The fraction of sp³-hybridized carbons (Fsp3) is 0.867. The molecule has 0 spiro atoms. The van der Waals surface area contributed by atoms with E-state index in [1.165, 1.54) is 19.3 Å². The van der Waals surface area contributed by atoms with Crippen molar-refractivity contribution >= 4 is 35.8 Å². The van der Waals surface area contributed by atoms with E-state index in [0.717, 1.165) is 25.8 Å². The van der Waals surface area contributed by atoms with Gasteiger partial charge in [-0.05, 0) is 19.3 Å². The fourth-order valence-corrected chi connectivity index (χ4v) is 2.33. The molecule has 1 amide bonds. The van der Waals surface area contributed by atoms with Gasteiger partial charge in [0.2, 0.25) is 0 Å². The Bertz CT molecular complexity index is 350. The smallest absolute Gasteiger partial charge is 0.251 e. The molecule has 0 aromatic heterocycles. The van der Waals surface area contributed by atoms with Crippen LogP contribution in [-0.4, -0.2) is 56.2 Å². The molecule has 3 N–H and O–H groups in total. The molecule has 1 saturated heterocycles. The van der Waals surface area contributed by atoms with Gasteiger partial charge in [-0.15, -0.1) is 24.0 Å². The maximum Gasteiger partial charge on any atom is 0.251 e. The second-order valence-electron chi connectivity index (χ2n) is 5.77. The highest BCUT2D eigenvalue weighted by molar-refractivity contribution is 14.0. The van der Waals surface area contributed by atoms with Gasteiger partial charge in [-0.1, -0.05) is 26.2 Å². The molecule has 2 unspecified atom stereocenters. The van der Waals surface area contributed by atoms with Crippen molar-refractivity contribution < 1.29 is 9.53 Å². The number of amides is 1. The van der Waals surface area contributed by atoms with Gasteiger partial charge in [0.05, 0.1) is 12.6 Å². The molecule has 7 heteroatoms. The summed E-state index contributed by atoms with van der Waals surface area (Å²) >= 11 is 0. The molecule has 1 rings (SSSR count). The first kappa shape index (κ1) is 21.4. The van der Waals surface area contributed by atoms with E-state index in [2.05, 4.69) is 17.2 Å². The van der Waals surface area contributed by atoms with Gasteiger partial charge in [0, 0.05) is 20.6 Å². The number of nitrogens with one attached hydrogen (secondary N) is 1. The van der Waals surface area contributed by atoms with Gasteiger partial charge in [0.1, 0.15) is 6.10 Å². The third kappa shape index (κ3) is 8.17. The van der Waals surface area contributed by atoms with Gasteiger partial charge in [-0.2, -0.15) is 0 Å². The number of carbonyl (C=O) groups is 1. The average molecular weight is 426 g/mol. The molecule has 130 valence electrons. The summed E-state index contributed by atoms with van der Waals surface area (Å²) in [7, 11) is 3.50. The minimum atomic E-state index is -0.316. The van der Waals surface area contributed by atoms with Crippen LogP contribution in [0.1, 0.15) is 45.4 Å². The van der Waals surface area contributed by atoms with Crippen molar-refractivity contribution in [2.45, 2.75) is 57.7 Å². The Morgan fingerprint density at radius 2 is 2.05 bits per heavy atom. The number of nitrogens with zero attached hydrogens (tertiary/aromatic N) is 2. The maximum absolute atomic E-state index is 11.8. The zero-order valence-corrected chi connectivity index (χ0v) is 16.3. The van der Waals surface area contributed by atoms with E-state index in [0.29, 0.717) is 12.5 Å². The summed E-state index contributed by atoms with van der Waals surface area (Å²) in [5.74, 6) is 0.501. The zero-order valence-electron chi connectivity index (χ0n) is 14.0. The van der Waals surface area contributed by atoms with E-state index in [1.807, 2.05) is 0 Å². The quantitative estimate of drug-likeness (QED) is 0.268. The Labute approximate surface area is 151 Å². The predicted octanol–water partition coefficient (Wildman–Crippen LogP) is 1.72. The largest absolute Gasteiger partial charge is 0.370 e. The van der Waals surface area contributed by atoms with Crippen LogP contribution in [0.25, 0.3) is 0 Å². The molecule has 22 heavy (non-hydrogen) atoms. The summed E-state index contributed by atoms with van der Waals surface area (Å²) in [6.45, 7) is 3.58. The van der Waals surface area contributed by atoms with E-state index in [9.17, 15) is 4.79 Å². The molecule has 0 radical (unpaired) electrons. The Balaban J connectivity index is 0.00000441. The molecule has 0 aliphatic carbocycles. The SMILES string of the molecule is CCCCCCNC(N)=NCC1CCC(C(=O)N(C)C)O1.I. The summed E-state index contributed by atoms with van der Waals surface area (Å²) in [5.41, 5.74) is 5.82. The van der Waals surface area contributed by atoms with E-state index >= 15 is 0 Å². The lowest BCUT2D eigenvalue weighted by atomic mass is 10.2. The lowest BCUT2D eigenvalue weighted by Crippen LogP contribution is -2.35. The standard InChI is InChI=1S/C15H30N4O2.HI/c1-4-5-6-7-10-17-15(16)18-11-12-8-9-13(21-12)14(20)19(2)3;/h12-13H,4-11H2,1-3H3,(H3,16,17,18);1H. The number of hydrogen-bond acceptors (Lipinski definition) is 3. The first-order valence-corrected chi connectivity index (χ1v) is 7.95. The van der Waals surface area contributed by atoms with Crippen molar-refractivity contribution in [3.05, 3.63) is 0 Å². The summed E-state index contributed by atoms with van der Waals surface area (Å²) in [6, 6.07) is 0. The van der Waals surface area contributed by atoms with Crippen LogP contribution < -0.4 is 11.1 Å². The number of aliphatic imine (C=N–C) groups is 1. The molecular formula is C15H31IN4O2. The number of halogens is 1. The molecule has 1 aliphatic heterocycles. The van der Waals surface area contributed by atoms with Crippen LogP contribution in [0.15, 0.2) is 4.99 Å². The normalized spacial score (nSPS) is 21.3. The van der Waals surface area contributed by atoms with Crippen molar-refractivity contribution in [3.8, 4) is 0 Å². The summed E-state index contributed by atoms with van der Waals surface area (Å²) in [5, 5.41) is 3.11. The van der Waals surface area contributed by atoms with Gasteiger partial charge in [0.15, 0.2) is 5.96 Å². The Morgan fingerprint density at radius 1 is 1.32 bits per heavy atom. The van der Waals surface area contributed by atoms with Gasteiger partial charge in [-0.25, -0.2) is 0 Å². The average Bonchev–Trinajstić information content (AvgIpc) is 2.92. The number of guanidine groups is 1. The van der Waals surface area contributed by atoms with Crippen molar-refractivity contribution in [3.63, 3.8) is 0 Å². The number of rotatable bonds is 8. The first-order valence-electron chi connectivity index (χ1n) is 7.95. The second-order valence-corrected chi connectivity index (χ2v) is 5.77. The molecule has 6 nitrogen and oxygen atoms in total. The predicted molar refractivity (Wildman–Crippen MR) is 101 cm³/mol. The van der Waals surface area contributed by atoms with Crippen molar-refractivity contribution in [2.75, 3.05) is 27.2 Å². The van der Waals surface area contributed by atoms with Crippen molar-refractivity contribution in [2.24, 2.45) is 10.7 Å². The topological polar surface area (TPSA) is 79.9 Å². The highest BCUT2D eigenvalue weighted by atomic mass is 127. The highest BCUT2D eigenvalue weighted by Crippen LogP contribution is 2.21. The van der Waals surface area contributed by atoms with Crippen LogP contribution in [0.4, 0.5) is 0 Å². The molecule has 1 aliphatic rings. The number of nitrogens with two attached hydrogens (primary N) is 1. The van der Waals surface area contributed by atoms with Crippen molar-refractivity contribution in [1.29, 1.82) is 0 Å². The van der Waals surface area contributed by atoms with Crippen LogP contribution in [0.3, 0.4) is 0 Å². The van der Waals surface area contributed by atoms with Crippen molar-refractivity contribution in [1.82, 2.24) is 10.2 Å². The molecule has 0 aromatic rings. The summed E-state index contributed by atoms with van der Waals surface area (Å²) in [4.78, 5) is 17.7. The molecule has 0 bridgehead atoms. The van der Waals surface area contributed by atoms with Gasteiger partial charge in [0.25, 0.3) is 5.91 Å². The third-order valence-electron chi connectivity index (χ3n) is 3.63. The first-order chi connectivity index (χ1) is 10.0. The Kier molecular flexibility index (Phi) is 11.6. The third-order valence-corrected chi connectivity index (χ3v) is 3.63. The number of hydrogen-bond donors (Lipinski definition) is 2. The second kappa shape index (κ2) is 11.9. The molecule has 0 aromatic carbocycles. The lowest BCUT2D eigenvalue weighted by Gasteiger charge is -2.16. The van der Waals surface area contributed by atoms with E-state index in [4.69, 9.17) is 10.5 Å². The highest BCUT2D eigenvalue weighted by Gasteiger charge is 2.31. The van der Waals surface area contributed by atoms with Crippen LogP contribution in [0.2, 0.25) is 0 Å². The van der Waals surface area contributed by atoms with Gasteiger partial charge in [-0.3, -0.25) is 9.79 Å². The number of ether oxygens (including phenoxy) is 1. The molecular weight excluding hydrogens is 395 g/mol. The molecule has 2 atom stereocenters. The number of carbonyl (C=O) groups excluding carboxylic acids is 1. The zero-order chi connectivity index (χ0) is 15.7. The fourth-order valence-electron chi connectivity index (χ4n) is 2.33. The molecule has 0 saturated carbocycles. The Morgan fingerprint density at radius 3 is 2.68 bits per heavy atom. The summed E-state index contributed by atoms with van der Waals surface area (Å²) < 4.78 is 5.71. The van der Waals surface area contributed by atoms with Gasteiger partial charge < -0.3 is 20.7 Å². The maximum atomic E-state index is 11.8. The summed E-state index contributed by atoms with van der Waals surface area (Å²) in [6.07, 6.45) is 6.13. The molecule has 1 heterocycles. The van der Waals surface area contributed by atoms with Crippen LogP contribution in [-0.2, 0) is 9.53 Å². The van der Waals surface area contributed by atoms with Crippen LogP contribution >= 0.6 is 24.0 Å². The van der Waals surface area contributed by atoms with Crippen LogP contribution in [0.5, 0.6) is 0 Å². The van der Waals surface area contributed by atoms with E-state index < -0.39 is 0 Å².